The molecule has 20 heavy (non-hydrogen) atoms. The van der Waals surface area contributed by atoms with Crippen molar-refractivity contribution in [2.75, 3.05) is 17.7 Å². The lowest BCUT2D eigenvalue weighted by Crippen LogP contribution is -2.18. The third kappa shape index (κ3) is 2.20. The highest BCUT2D eigenvalue weighted by Crippen LogP contribution is 2.22. The smallest absolute Gasteiger partial charge is 0.128 e. The molecular formula is C16H18N4. The Kier molecular flexibility index (Phi) is 3.06. The molecule has 0 aliphatic rings. The number of H-pyrrole nitrogens is 1. The van der Waals surface area contributed by atoms with Crippen LogP contribution in [-0.2, 0) is 6.54 Å². The molecule has 0 aliphatic heterocycles. The van der Waals surface area contributed by atoms with Gasteiger partial charge in [0.15, 0.2) is 0 Å². The van der Waals surface area contributed by atoms with Gasteiger partial charge in [0.2, 0.25) is 0 Å². The van der Waals surface area contributed by atoms with Crippen LogP contribution < -0.4 is 10.6 Å². The fourth-order valence-corrected chi connectivity index (χ4v) is 2.37. The fourth-order valence-electron chi connectivity index (χ4n) is 2.37. The molecule has 0 fully saturated rings. The number of fused-ring (bicyclic) bond motifs is 1. The summed E-state index contributed by atoms with van der Waals surface area (Å²) in [7, 11) is 2.04. The maximum absolute atomic E-state index is 5.81. The molecule has 102 valence electrons. The predicted molar refractivity (Wildman–Crippen MR) is 83.8 cm³/mol. The van der Waals surface area contributed by atoms with Gasteiger partial charge < -0.3 is 15.6 Å². The van der Waals surface area contributed by atoms with Crippen LogP contribution in [0.25, 0.3) is 10.9 Å². The van der Waals surface area contributed by atoms with E-state index < -0.39 is 0 Å². The summed E-state index contributed by atoms with van der Waals surface area (Å²) in [6, 6.07) is 12.2. The molecule has 2 heterocycles. The Labute approximate surface area is 118 Å². The average Bonchev–Trinajstić information content (AvgIpc) is 2.85. The summed E-state index contributed by atoms with van der Waals surface area (Å²) in [5.74, 6) is 0.932. The average molecular weight is 266 g/mol. The molecule has 0 saturated carbocycles. The van der Waals surface area contributed by atoms with Gasteiger partial charge in [-0.3, -0.25) is 0 Å². The number of aromatic nitrogens is 2. The van der Waals surface area contributed by atoms with E-state index >= 15 is 0 Å². The van der Waals surface area contributed by atoms with Gasteiger partial charge in [-0.25, -0.2) is 4.98 Å². The third-order valence-corrected chi connectivity index (χ3v) is 3.59. The number of hydrogen-bond acceptors (Lipinski definition) is 3. The Morgan fingerprint density at radius 2 is 2.00 bits per heavy atom. The number of nitrogens with zero attached hydrogens (tertiary/aromatic N) is 2. The van der Waals surface area contributed by atoms with Crippen LogP contribution in [0.2, 0.25) is 0 Å². The molecule has 4 nitrogen and oxygen atoms in total. The van der Waals surface area contributed by atoms with E-state index in [2.05, 4.69) is 39.3 Å². The number of benzene rings is 1. The molecule has 0 saturated heterocycles. The van der Waals surface area contributed by atoms with Crippen molar-refractivity contribution < 1.29 is 0 Å². The molecule has 3 N–H and O–H groups in total. The van der Waals surface area contributed by atoms with E-state index in [1.54, 1.807) is 0 Å². The van der Waals surface area contributed by atoms with E-state index in [1.165, 1.54) is 10.9 Å². The van der Waals surface area contributed by atoms with Crippen molar-refractivity contribution >= 4 is 22.4 Å². The highest BCUT2D eigenvalue weighted by molar-refractivity contribution is 5.83. The number of hydrogen-bond donors (Lipinski definition) is 2. The molecule has 0 amide bonds. The third-order valence-electron chi connectivity index (χ3n) is 3.59. The van der Waals surface area contributed by atoms with Crippen molar-refractivity contribution in [2.24, 2.45) is 0 Å². The molecule has 3 aromatic rings. The highest BCUT2D eigenvalue weighted by atomic mass is 15.2. The Morgan fingerprint density at radius 1 is 1.20 bits per heavy atom. The van der Waals surface area contributed by atoms with Gasteiger partial charge >= 0.3 is 0 Å². The number of anilines is 2. The van der Waals surface area contributed by atoms with Crippen molar-refractivity contribution in [1.82, 2.24) is 9.97 Å². The molecule has 0 atom stereocenters. The molecule has 0 radical (unpaired) electrons. The predicted octanol–water partition coefficient (Wildman–Crippen LogP) is 3.09. The number of aromatic amines is 1. The summed E-state index contributed by atoms with van der Waals surface area (Å²) in [6.45, 7) is 2.73. The normalized spacial score (nSPS) is 10.9. The Hall–Kier alpha value is -2.49. The number of rotatable bonds is 3. The van der Waals surface area contributed by atoms with Crippen LogP contribution in [0.15, 0.2) is 42.6 Å². The first-order valence-corrected chi connectivity index (χ1v) is 6.64. The van der Waals surface area contributed by atoms with Gasteiger partial charge in [-0.15, -0.1) is 0 Å². The van der Waals surface area contributed by atoms with Crippen molar-refractivity contribution in [3.8, 4) is 0 Å². The minimum atomic E-state index is 0.731. The summed E-state index contributed by atoms with van der Waals surface area (Å²) in [6.07, 6.45) is 2.06. The molecule has 1 aromatic carbocycles. The summed E-state index contributed by atoms with van der Waals surface area (Å²) in [5.41, 5.74) is 9.84. The van der Waals surface area contributed by atoms with Crippen molar-refractivity contribution in [2.45, 2.75) is 13.5 Å². The maximum atomic E-state index is 5.81. The lowest BCUT2D eigenvalue weighted by Gasteiger charge is -2.18. The minimum absolute atomic E-state index is 0.731. The molecule has 0 spiro atoms. The monoisotopic (exact) mass is 266 g/mol. The van der Waals surface area contributed by atoms with E-state index in [4.69, 9.17) is 5.73 Å². The first-order chi connectivity index (χ1) is 9.65. The quantitative estimate of drug-likeness (QED) is 0.766. The maximum Gasteiger partial charge on any atom is 0.128 e. The van der Waals surface area contributed by atoms with E-state index in [-0.39, 0.29) is 0 Å². The second-order valence-corrected chi connectivity index (χ2v) is 5.06. The SMILES string of the molecule is Cc1nc(N(C)Cc2c[nH]c3ccccc23)ccc1N. The van der Waals surface area contributed by atoms with Gasteiger partial charge in [0.1, 0.15) is 5.82 Å². The van der Waals surface area contributed by atoms with Gasteiger partial charge in [0.05, 0.1) is 11.4 Å². The molecular weight excluding hydrogens is 248 g/mol. The van der Waals surface area contributed by atoms with Crippen molar-refractivity contribution in [1.29, 1.82) is 0 Å². The van der Waals surface area contributed by atoms with Gasteiger partial charge in [-0.2, -0.15) is 0 Å². The van der Waals surface area contributed by atoms with Crippen LogP contribution in [0.4, 0.5) is 11.5 Å². The van der Waals surface area contributed by atoms with Crippen LogP contribution in [0, 0.1) is 6.92 Å². The minimum Gasteiger partial charge on any atom is -0.397 e. The van der Waals surface area contributed by atoms with E-state index in [0.29, 0.717) is 0 Å². The molecule has 0 bridgehead atoms. The molecule has 2 aromatic heterocycles. The van der Waals surface area contributed by atoms with Crippen LogP contribution in [0.3, 0.4) is 0 Å². The summed E-state index contributed by atoms with van der Waals surface area (Å²) in [5, 5.41) is 1.26. The molecule has 0 unspecified atom stereocenters. The number of aryl methyl sites for hydroxylation is 1. The Morgan fingerprint density at radius 3 is 2.80 bits per heavy atom. The summed E-state index contributed by atoms with van der Waals surface area (Å²) in [4.78, 5) is 9.95. The Balaban J connectivity index is 1.88. The molecule has 4 heteroatoms. The van der Waals surface area contributed by atoms with Gasteiger partial charge in [0, 0.05) is 30.7 Å². The zero-order valence-corrected chi connectivity index (χ0v) is 11.7. The number of nitrogens with two attached hydrogens (primary N) is 1. The Bertz CT molecular complexity index is 745. The van der Waals surface area contributed by atoms with Crippen LogP contribution in [-0.4, -0.2) is 17.0 Å². The molecule has 3 rings (SSSR count). The number of pyridine rings is 1. The molecule has 0 aliphatic carbocycles. The first-order valence-electron chi connectivity index (χ1n) is 6.64. The van der Waals surface area contributed by atoms with E-state index in [9.17, 15) is 0 Å². The van der Waals surface area contributed by atoms with Crippen LogP contribution in [0.1, 0.15) is 11.3 Å². The number of nitrogens with one attached hydrogen (secondary N) is 1. The van der Waals surface area contributed by atoms with Gasteiger partial charge in [-0.1, -0.05) is 18.2 Å². The first kappa shape index (κ1) is 12.5. The largest absolute Gasteiger partial charge is 0.397 e. The number of nitrogen functional groups attached to an aromatic ring is 1. The summed E-state index contributed by atoms with van der Waals surface area (Å²) >= 11 is 0. The van der Waals surface area contributed by atoms with Crippen molar-refractivity contribution in [3.63, 3.8) is 0 Å². The topological polar surface area (TPSA) is 57.9 Å². The standard InChI is InChI=1S/C16H18N4/c1-11-14(17)7-8-16(19-11)20(2)10-12-9-18-15-6-4-3-5-13(12)15/h3-9,18H,10,17H2,1-2H3. The van der Waals surface area contributed by atoms with E-state index in [0.717, 1.165) is 29.3 Å². The summed E-state index contributed by atoms with van der Waals surface area (Å²) < 4.78 is 0. The van der Waals surface area contributed by atoms with Crippen molar-refractivity contribution in [3.05, 3.63) is 53.9 Å². The van der Waals surface area contributed by atoms with E-state index in [1.807, 2.05) is 32.2 Å². The van der Waals surface area contributed by atoms with Gasteiger partial charge in [0.25, 0.3) is 0 Å². The zero-order valence-electron chi connectivity index (χ0n) is 11.7. The van der Waals surface area contributed by atoms with Crippen LogP contribution >= 0.6 is 0 Å². The van der Waals surface area contributed by atoms with Gasteiger partial charge in [-0.05, 0) is 30.7 Å². The lowest BCUT2D eigenvalue weighted by molar-refractivity contribution is 0.898. The lowest BCUT2D eigenvalue weighted by atomic mass is 10.1. The fraction of sp³-hybridized carbons (Fsp3) is 0.188. The van der Waals surface area contributed by atoms with Crippen LogP contribution in [0.5, 0.6) is 0 Å². The number of para-hydroxylation sites is 1. The second-order valence-electron chi connectivity index (χ2n) is 5.06. The zero-order chi connectivity index (χ0) is 14.1. The highest BCUT2D eigenvalue weighted by Gasteiger charge is 2.08. The second kappa shape index (κ2) is 4.89.